The van der Waals surface area contributed by atoms with E-state index in [-0.39, 0.29) is 10.8 Å². The Kier molecular flexibility index (Phi) is 4.01. The summed E-state index contributed by atoms with van der Waals surface area (Å²) in [6.07, 6.45) is 2.57. The van der Waals surface area contributed by atoms with E-state index >= 15 is 0 Å². The van der Waals surface area contributed by atoms with E-state index in [2.05, 4.69) is 20.0 Å². The molecular formula is C10H12ClN3O3. The average molecular weight is 258 g/mol. The summed E-state index contributed by atoms with van der Waals surface area (Å²) < 4.78 is 4.56. The number of rotatable bonds is 3. The molecule has 1 N–H and O–H groups in total. The lowest BCUT2D eigenvalue weighted by molar-refractivity contribution is -0.146. The van der Waals surface area contributed by atoms with Crippen molar-refractivity contribution in [1.82, 2.24) is 15.3 Å². The molecule has 0 aromatic carbocycles. The lowest BCUT2D eigenvalue weighted by Crippen LogP contribution is -2.50. The van der Waals surface area contributed by atoms with Gasteiger partial charge in [0.15, 0.2) is 0 Å². The number of carbonyl (C=O) groups is 2. The second kappa shape index (κ2) is 5.09. The summed E-state index contributed by atoms with van der Waals surface area (Å²) >= 11 is 5.60. The van der Waals surface area contributed by atoms with Crippen LogP contribution in [0.3, 0.4) is 0 Å². The SMILES string of the molecule is COC(=O)C(C)(C)NC(=O)c1cncc(Cl)n1. The molecule has 92 valence electrons. The van der Waals surface area contributed by atoms with Gasteiger partial charge in [-0.1, -0.05) is 11.6 Å². The summed E-state index contributed by atoms with van der Waals surface area (Å²) in [6, 6.07) is 0. The molecule has 1 aromatic heterocycles. The van der Waals surface area contributed by atoms with Gasteiger partial charge < -0.3 is 10.1 Å². The normalized spacial score (nSPS) is 10.8. The maximum Gasteiger partial charge on any atom is 0.330 e. The van der Waals surface area contributed by atoms with Gasteiger partial charge in [-0.3, -0.25) is 9.78 Å². The summed E-state index contributed by atoms with van der Waals surface area (Å²) in [7, 11) is 1.25. The minimum absolute atomic E-state index is 0.0366. The van der Waals surface area contributed by atoms with E-state index in [0.717, 1.165) is 0 Å². The summed E-state index contributed by atoms with van der Waals surface area (Å²) in [6.45, 7) is 3.05. The molecule has 0 aliphatic carbocycles. The fraction of sp³-hybridized carbons (Fsp3) is 0.400. The summed E-state index contributed by atoms with van der Waals surface area (Å²) in [5.41, 5.74) is -1.11. The molecule has 0 aliphatic rings. The van der Waals surface area contributed by atoms with Crippen molar-refractivity contribution in [1.29, 1.82) is 0 Å². The van der Waals surface area contributed by atoms with Crippen molar-refractivity contribution in [3.05, 3.63) is 23.2 Å². The molecule has 6 nitrogen and oxygen atoms in total. The van der Waals surface area contributed by atoms with Crippen LogP contribution in [-0.2, 0) is 9.53 Å². The fourth-order valence-electron chi connectivity index (χ4n) is 1.11. The van der Waals surface area contributed by atoms with Crippen molar-refractivity contribution in [3.8, 4) is 0 Å². The van der Waals surface area contributed by atoms with E-state index in [9.17, 15) is 9.59 Å². The third kappa shape index (κ3) is 3.39. The van der Waals surface area contributed by atoms with Gasteiger partial charge in [-0.05, 0) is 13.8 Å². The minimum atomic E-state index is -1.14. The van der Waals surface area contributed by atoms with Crippen molar-refractivity contribution >= 4 is 23.5 Å². The van der Waals surface area contributed by atoms with Gasteiger partial charge in [-0.15, -0.1) is 0 Å². The third-order valence-corrected chi connectivity index (χ3v) is 2.14. The molecule has 1 amide bonds. The number of methoxy groups -OCH3 is 1. The lowest BCUT2D eigenvalue weighted by Gasteiger charge is -2.22. The average Bonchev–Trinajstić information content (AvgIpc) is 2.27. The molecule has 0 aliphatic heterocycles. The second-order valence-corrected chi connectivity index (χ2v) is 4.18. The van der Waals surface area contributed by atoms with Crippen LogP contribution in [0.1, 0.15) is 24.3 Å². The molecule has 0 spiro atoms. The van der Waals surface area contributed by atoms with Gasteiger partial charge in [0.05, 0.1) is 19.5 Å². The first-order valence-electron chi connectivity index (χ1n) is 4.75. The van der Waals surface area contributed by atoms with Crippen LogP contribution in [-0.4, -0.2) is 34.5 Å². The zero-order valence-electron chi connectivity index (χ0n) is 9.65. The molecule has 17 heavy (non-hydrogen) atoms. The standard InChI is InChI=1S/C10H12ClN3O3/c1-10(2,9(16)17-3)14-8(15)6-4-12-5-7(11)13-6/h4-5H,1-3H3,(H,14,15). The Morgan fingerprint density at radius 2 is 2.06 bits per heavy atom. The highest BCUT2D eigenvalue weighted by molar-refractivity contribution is 6.29. The van der Waals surface area contributed by atoms with Gasteiger partial charge in [0, 0.05) is 0 Å². The number of halogens is 1. The van der Waals surface area contributed by atoms with Crippen LogP contribution in [0.5, 0.6) is 0 Å². The van der Waals surface area contributed by atoms with Crippen LogP contribution in [0.25, 0.3) is 0 Å². The minimum Gasteiger partial charge on any atom is -0.467 e. The predicted octanol–water partition coefficient (Wildman–Crippen LogP) is 0.811. The first kappa shape index (κ1) is 13.4. The Morgan fingerprint density at radius 1 is 1.41 bits per heavy atom. The Balaban J connectivity index is 2.83. The second-order valence-electron chi connectivity index (χ2n) is 3.80. The van der Waals surface area contributed by atoms with Gasteiger partial charge >= 0.3 is 5.97 Å². The molecule has 0 saturated heterocycles. The summed E-state index contributed by atoms with van der Waals surface area (Å²) in [5.74, 6) is -1.10. The highest BCUT2D eigenvalue weighted by atomic mass is 35.5. The van der Waals surface area contributed by atoms with Gasteiger partial charge in [-0.2, -0.15) is 0 Å². The molecule has 0 radical (unpaired) electrons. The number of ether oxygens (including phenoxy) is 1. The van der Waals surface area contributed by atoms with Crippen LogP contribution in [0.4, 0.5) is 0 Å². The first-order valence-corrected chi connectivity index (χ1v) is 5.13. The van der Waals surface area contributed by atoms with E-state index in [0.29, 0.717) is 0 Å². The Morgan fingerprint density at radius 3 is 2.59 bits per heavy atom. The van der Waals surface area contributed by atoms with Crippen molar-refractivity contribution in [3.63, 3.8) is 0 Å². The van der Waals surface area contributed by atoms with Crippen LogP contribution in [0.2, 0.25) is 5.15 Å². The molecule has 1 aromatic rings. The van der Waals surface area contributed by atoms with Gasteiger partial charge in [0.25, 0.3) is 5.91 Å². The maximum absolute atomic E-state index is 11.8. The molecule has 0 unspecified atom stereocenters. The van der Waals surface area contributed by atoms with Crippen molar-refractivity contribution < 1.29 is 14.3 Å². The Labute approximate surface area is 103 Å². The van der Waals surface area contributed by atoms with Crippen molar-refractivity contribution in [2.75, 3.05) is 7.11 Å². The molecule has 1 heterocycles. The highest BCUT2D eigenvalue weighted by Gasteiger charge is 2.31. The summed E-state index contributed by atoms with van der Waals surface area (Å²) in [5, 5.41) is 2.58. The van der Waals surface area contributed by atoms with E-state index in [4.69, 9.17) is 11.6 Å². The van der Waals surface area contributed by atoms with Crippen LogP contribution in [0, 0.1) is 0 Å². The van der Waals surface area contributed by atoms with Crippen LogP contribution < -0.4 is 5.32 Å². The number of carbonyl (C=O) groups excluding carboxylic acids is 2. The Hall–Kier alpha value is -1.69. The topological polar surface area (TPSA) is 81.2 Å². The van der Waals surface area contributed by atoms with E-state index < -0.39 is 17.4 Å². The monoisotopic (exact) mass is 257 g/mol. The zero-order chi connectivity index (χ0) is 13.1. The van der Waals surface area contributed by atoms with E-state index in [1.54, 1.807) is 0 Å². The molecule has 7 heteroatoms. The fourth-order valence-corrected chi connectivity index (χ4v) is 1.25. The first-order chi connectivity index (χ1) is 7.86. The predicted molar refractivity (Wildman–Crippen MR) is 60.6 cm³/mol. The molecule has 0 bridgehead atoms. The number of amides is 1. The van der Waals surface area contributed by atoms with Gasteiger partial charge in [0.1, 0.15) is 16.4 Å². The lowest BCUT2D eigenvalue weighted by atomic mass is 10.1. The number of aromatic nitrogens is 2. The number of nitrogens with zero attached hydrogens (tertiary/aromatic N) is 2. The molecular weight excluding hydrogens is 246 g/mol. The largest absolute Gasteiger partial charge is 0.467 e. The Bertz CT molecular complexity index is 448. The number of esters is 1. The smallest absolute Gasteiger partial charge is 0.330 e. The van der Waals surface area contributed by atoms with Crippen molar-refractivity contribution in [2.45, 2.75) is 19.4 Å². The molecule has 1 rings (SSSR count). The quantitative estimate of drug-likeness (QED) is 0.811. The highest BCUT2D eigenvalue weighted by Crippen LogP contribution is 2.07. The number of hydrogen-bond acceptors (Lipinski definition) is 5. The van der Waals surface area contributed by atoms with E-state index in [1.807, 2.05) is 0 Å². The van der Waals surface area contributed by atoms with Crippen LogP contribution in [0.15, 0.2) is 12.4 Å². The molecule has 0 atom stereocenters. The van der Waals surface area contributed by atoms with Crippen LogP contribution >= 0.6 is 11.6 Å². The van der Waals surface area contributed by atoms with Gasteiger partial charge in [-0.25, -0.2) is 9.78 Å². The third-order valence-electron chi connectivity index (χ3n) is 1.96. The number of hydrogen-bond donors (Lipinski definition) is 1. The summed E-state index contributed by atoms with van der Waals surface area (Å²) in [4.78, 5) is 30.6. The molecule has 0 fully saturated rings. The molecule has 0 saturated carbocycles. The number of nitrogens with one attached hydrogen (secondary N) is 1. The van der Waals surface area contributed by atoms with Gasteiger partial charge in [0.2, 0.25) is 0 Å². The zero-order valence-corrected chi connectivity index (χ0v) is 10.4. The maximum atomic E-state index is 11.8. The van der Waals surface area contributed by atoms with Crippen molar-refractivity contribution in [2.24, 2.45) is 0 Å². The van der Waals surface area contributed by atoms with E-state index in [1.165, 1.54) is 33.4 Å².